The van der Waals surface area contributed by atoms with Crippen molar-refractivity contribution < 1.29 is 0 Å². The Morgan fingerprint density at radius 1 is 1.57 bits per heavy atom. The molecule has 1 fully saturated rings. The monoisotopic (exact) mass is 230 g/mol. The van der Waals surface area contributed by atoms with Crippen molar-refractivity contribution in [1.82, 2.24) is 4.98 Å². The maximum atomic E-state index is 5.79. The Morgan fingerprint density at radius 3 is 2.86 bits per heavy atom. The molecule has 14 heavy (non-hydrogen) atoms. The van der Waals surface area contributed by atoms with Crippen molar-refractivity contribution in [3.05, 3.63) is 10.5 Å². The van der Waals surface area contributed by atoms with Crippen molar-refractivity contribution in [2.75, 3.05) is 18.5 Å². The van der Waals surface area contributed by atoms with Crippen LogP contribution in [-0.4, -0.2) is 18.6 Å². The second-order valence-corrected chi connectivity index (χ2v) is 5.21. The lowest BCUT2D eigenvalue weighted by Crippen LogP contribution is -2.23. The maximum Gasteiger partial charge on any atom is 0.186 e. The van der Waals surface area contributed by atoms with Crippen molar-refractivity contribution in [3.8, 4) is 0 Å². The summed E-state index contributed by atoms with van der Waals surface area (Å²) < 4.78 is 0. The van der Waals surface area contributed by atoms with Crippen molar-refractivity contribution in [2.45, 2.75) is 25.7 Å². The molecule has 1 aliphatic rings. The van der Waals surface area contributed by atoms with Gasteiger partial charge in [0.05, 0.1) is 0 Å². The lowest BCUT2D eigenvalue weighted by molar-refractivity contribution is 0.546. The fourth-order valence-electron chi connectivity index (χ4n) is 2.08. The first kappa shape index (κ1) is 10.2. The summed E-state index contributed by atoms with van der Waals surface area (Å²) in [6, 6.07) is 0. The van der Waals surface area contributed by atoms with Gasteiger partial charge in [-0.1, -0.05) is 24.4 Å². The zero-order chi connectivity index (χ0) is 9.97. The number of nitrogens with zero attached hydrogens (tertiary/aromatic N) is 2. The van der Waals surface area contributed by atoms with Crippen LogP contribution in [0.1, 0.15) is 25.7 Å². The average Bonchev–Trinajstić information content (AvgIpc) is 2.75. The zero-order valence-electron chi connectivity index (χ0n) is 8.37. The Balaban J connectivity index is 1.91. The molecule has 0 atom stereocenters. The summed E-state index contributed by atoms with van der Waals surface area (Å²) in [5.74, 6) is 0.864. The number of rotatable bonds is 3. The summed E-state index contributed by atoms with van der Waals surface area (Å²) >= 11 is 7.42. The van der Waals surface area contributed by atoms with Crippen molar-refractivity contribution >= 4 is 28.1 Å². The zero-order valence-corrected chi connectivity index (χ0v) is 9.94. The van der Waals surface area contributed by atoms with E-state index in [1.54, 1.807) is 11.3 Å². The van der Waals surface area contributed by atoms with E-state index in [0.29, 0.717) is 5.15 Å². The first-order valence-electron chi connectivity index (χ1n) is 5.08. The van der Waals surface area contributed by atoms with Gasteiger partial charge < -0.3 is 4.90 Å². The number of hydrogen-bond acceptors (Lipinski definition) is 3. The quantitative estimate of drug-likeness (QED) is 0.791. The Labute approximate surface area is 93.9 Å². The number of halogens is 1. The molecule has 0 radical (unpaired) electrons. The molecule has 2 rings (SSSR count). The maximum absolute atomic E-state index is 5.79. The predicted octanol–water partition coefficient (Wildman–Crippen LogP) is 3.42. The van der Waals surface area contributed by atoms with E-state index in [1.165, 1.54) is 25.7 Å². The Kier molecular flexibility index (Phi) is 3.29. The molecule has 0 aromatic carbocycles. The highest BCUT2D eigenvalue weighted by atomic mass is 35.5. The molecule has 0 spiro atoms. The standard InChI is InChI=1S/C10H15ClN2S/c1-13(6-8-4-2-3-5-8)10-12-9(11)7-14-10/h7-8H,2-6H2,1H3. The largest absolute Gasteiger partial charge is 0.351 e. The highest BCUT2D eigenvalue weighted by Gasteiger charge is 2.18. The molecule has 0 bridgehead atoms. The van der Waals surface area contributed by atoms with Crippen LogP contribution in [0.15, 0.2) is 5.38 Å². The summed E-state index contributed by atoms with van der Waals surface area (Å²) in [5.41, 5.74) is 0. The van der Waals surface area contributed by atoms with E-state index >= 15 is 0 Å². The lowest BCUT2D eigenvalue weighted by atomic mass is 10.1. The molecule has 0 unspecified atom stereocenters. The summed E-state index contributed by atoms with van der Waals surface area (Å²) in [4.78, 5) is 6.49. The third-order valence-corrected chi connectivity index (χ3v) is 4.08. The van der Waals surface area contributed by atoms with Crippen LogP contribution in [0.25, 0.3) is 0 Å². The van der Waals surface area contributed by atoms with Crippen LogP contribution in [0.4, 0.5) is 5.13 Å². The van der Waals surface area contributed by atoms with E-state index in [2.05, 4.69) is 16.9 Å². The molecule has 0 aliphatic heterocycles. The highest BCUT2D eigenvalue weighted by molar-refractivity contribution is 7.14. The van der Waals surface area contributed by atoms with Crippen LogP contribution >= 0.6 is 22.9 Å². The molecule has 78 valence electrons. The van der Waals surface area contributed by atoms with Crippen LogP contribution in [0.5, 0.6) is 0 Å². The van der Waals surface area contributed by atoms with Gasteiger partial charge in [-0.15, -0.1) is 11.3 Å². The van der Waals surface area contributed by atoms with E-state index in [1.807, 2.05) is 5.38 Å². The second kappa shape index (κ2) is 4.49. The van der Waals surface area contributed by atoms with Crippen LogP contribution < -0.4 is 4.90 Å². The summed E-state index contributed by atoms with van der Waals surface area (Å²) in [5, 5.41) is 3.55. The third kappa shape index (κ3) is 2.39. The fourth-order valence-corrected chi connectivity index (χ4v) is 3.00. The smallest absolute Gasteiger partial charge is 0.186 e. The van der Waals surface area contributed by atoms with Gasteiger partial charge in [0, 0.05) is 19.0 Å². The molecule has 0 N–H and O–H groups in total. The molecular weight excluding hydrogens is 216 g/mol. The van der Waals surface area contributed by atoms with E-state index in [0.717, 1.165) is 17.6 Å². The summed E-state index contributed by atoms with van der Waals surface area (Å²) in [6.45, 7) is 1.13. The molecule has 1 aromatic heterocycles. The molecule has 0 amide bonds. The number of hydrogen-bond donors (Lipinski definition) is 0. The molecule has 2 nitrogen and oxygen atoms in total. The summed E-state index contributed by atoms with van der Waals surface area (Å²) in [7, 11) is 2.10. The van der Waals surface area contributed by atoms with Crippen LogP contribution in [0.2, 0.25) is 5.15 Å². The van der Waals surface area contributed by atoms with Gasteiger partial charge in [-0.25, -0.2) is 4.98 Å². The predicted molar refractivity (Wildman–Crippen MR) is 62.4 cm³/mol. The van der Waals surface area contributed by atoms with Crippen LogP contribution in [0.3, 0.4) is 0 Å². The first-order valence-corrected chi connectivity index (χ1v) is 6.33. The number of aromatic nitrogens is 1. The highest BCUT2D eigenvalue weighted by Crippen LogP contribution is 2.28. The average molecular weight is 231 g/mol. The molecule has 0 saturated heterocycles. The molecule has 1 saturated carbocycles. The van der Waals surface area contributed by atoms with Gasteiger partial charge >= 0.3 is 0 Å². The topological polar surface area (TPSA) is 16.1 Å². The SMILES string of the molecule is CN(CC1CCCC1)c1nc(Cl)cs1. The molecule has 1 aliphatic carbocycles. The minimum atomic E-state index is 0.614. The van der Waals surface area contributed by atoms with Gasteiger partial charge in [0.25, 0.3) is 0 Å². The Bertz CT molecular complexity index is 294. The van der Waals surface area contributed by atoms with Crippen LogP contribution in [0, 0.1) is 5.92 Å². The Hall–Kier alpha value is -0.280. The van der Waals surface area contributed by atoms with Gasteiger partial charge in [-0.3, -0.25) is 0 Å². The lowest BCUT2D eigenvalue weighted by Gasteiger charge is -2.19. The second-order valence-electron chi connectivity index (χ2n) is 3.98. The van der Waals surface area contributed by atoms with E-state index in [4.69, 9.17) is 11.6 Å². The molecule has 4 heteroatoms. The molecule has 1 aromatic rings. The number of thiazole rings is 1. The van der Waals surface area contributed by atoms with Gasteiger partial charge in [-0.2, -0.15) is 0 Å². The van der Waals surface area contributed by atoms with E-state index in [9.17, 15) is 0 Å². The van der Waals surface area contributed by atoms with Crippen molar-refractivity contribution in [2.24, 2.45) is 5.92 Å². The fraction of sp³-hybridized carbons (Fsp3) is 0.700. The van der Waals surface area contributed by atoms with Gasteiger partial charge in [0.1, 0.15) is 5.15 Å². The normalized spacial score (nSPS) is 17.6. The van der Waals surface area contributed by atoms with Gasteiger partial charge in [0.15, 0.2) is 5.13 Å². The van der Waals surface area contributed by atoms with Crippen molar-refractivity contribution in [3.63, 3.8) is 0 Å². The van der Waals surface area contributed by atoms with Gasteiger partial charge in [0.2, 0.25) is 0 Å². The summed E-state index contributed by atoms with van der Waals surface area (Å²) in [6.07, 6.45) is 5.56. The third-order valence-electron chi connectivity index (χ3n) is 2.80. The molecular formula is C10H15ClN2S. The minimum absolute atomic E-state index is 0.614. The molecule has 1 heterocycles. The van der Waals surface area contributed by atoms with Crippen LogP contribution in [-0.2, 0) is 0 Å². The van der Waals surface area contributed by atoms with E-state index in [-0.39, 0.29) is 0 Å². The van der Waals surface area contributed by atoms with Gasteiger partial charge in [-0.05, 0) is 18.8 Å². The first-order chi connectivity index (χ1) is 6.75. The van der Waals surface area contributed by atoms with E-state index < -0.39 is 0 Å². The number of anilines is 1. The Morgan fingerprint density at radius 2 is 2.29 bits per heavy atom. The minimum Gasteiger partial charge on any atom is -0.351 e. The van der Waals surface area contributed by atoms with Crippen molar-refractivity contribution in [1.29, 1.82) is 0 Å².